The number of morpholine rings is 1. The summed E-state index contributed by atoms with van der Waals surface area (Å²) in [6.07, 6.45) is 1.28. The van der Waals surface area contributed by atoms with E-state index in [0.29, 0.717) is 31.9 Å². The molecule has 0 bridgehead atoms. The van der Waals surface area contributed by atoms with Crippen molar-refractivity contribution in [3.8, 4) is 0 Å². The van der Waals surface area contributed by atoms with E-state index >= 15 is 0 Å². The molecular formula is C15H15ClFN5O3. The smallest absolute Gasteiger partial charge is 0.353 e. The highest BCUT2D eigenvalue weighted by Gasteiger charge is 2.27. The molecular weight excluding hydrogens is 353 g/mol. The van der Waals surface area contributed by atoms with Gasteiger partial charge in [0.15, 0.2) is 0 Å². The van der Waals surface area contributed by atoms with E-state index in [1.54, 1.807) is 11.0 Å². The minimum Gasteiger partial charge on any atom is -0.378 e. The SMILES string of the molecule is O=[N+]([O-])c1c(NCc2ccc(F)c(Cl)c2)ncnc1N1CCOCC1. The number of rotatable bonds is 5. The Morgan fingerprint density at radius 1 is 1.36 bits per heavy atom. The van der Waals surface area contributed by atoms with E-state index in [-0.39, 0.29) is 28.9 Å². The first kappa shape index (κ1) is 17.3. The minimum atomic E-state index is -0.520. The standard InChI is InChI=1S/C15H15ClFN5O3/c16-11-7-10(1-2-12(11)17)8-18-14-13(22(23)24)15(20-9-19-14)21-3-5-25-6-4-21/h1-2,7,9H,3-6,8H2,(H,18,19,20). The molecule has 1 N–H and O–H groups in total. The molecule has 0 unspecified atom stereocenters. The largest absolute Gasteiger partial charge is 0.378 e. The van der Waals surface area contributed by atoms with Gasteiger partial charge in [-0.1, -0.05) is 17.7 Å². The van der Waals surface area contributed by atoms with Crippen molar-refractivity contribution in [3.63, 3.8) is 0 Å². The van der Waals surface area contributed by atoms with Gasteiger partial charge in [0.05, 0.1) is 23.2 Å². The van der Waals surface area contributed by atoms with Gasteiger partial charge in [0, 0.05) is 19.6 Å². The van der Waals surface area contributed by atoms with Gasteiger partial charge in [0.1, 0.15) is 12.1 Å². The van der Waals surface area contributed by atoms with E-state index in [4.69, 9.17) is 16.3 Å². The highest BCUT2D eigenvalue weighted by molar-refractivity contribution is 6.30. The Labute approximate surface area is 147 Å². The van der Waals surface area contributed by atoms with Crippen LogP contribution < -0.4 is 10.2 Å². The van der Waals surface area contributed by atoms with E-state index < -0.39 is 10.7 Å². The van der Waals surface area contributed by atoms with Crippen LogP contribution in [-0.4, -0.2) is 41.2 Å². The van der Waals surface area contributed by atoms with Crippen molar-refractivity contribution in [2.24, 2.45) is 0 Å². The summed E-state index contributed by atoms with van der Waals surface area (Å²) < 4.78 is 18.5. The molecule has 0 saturated carbocycles. The van der Waals surface area contributed by atoms with Gasteiger partial charge in [-0.2, -0.15) is 0 Å². The lowest BCUT2D eigenvalue weighted by atomic mass is 10.2. The average Bonchev–Trinajstić information content (AvgIpc) is 2.63. The van der Waals surface area contributed by atoms with Crippen LogP contribution in [0.1, 0.15) is 5.56 Å². The zero-order chi connectivity index (χ0) is 17.8. The first-order valence-corrected chi connectivity index (χ1v) is 7.94. The molecule has 1 aromatic heterocycles. The first-order chi connectivity index (χ1) is 12.1. The number of halogens is 2. The number of hydrogen-bond acceptors (Lipinski definition) is 7. The zero-order valence-electron chi connectivity index (χ0n) is 13.1. The van der Waals surface area contributed by atoms with E-state index in [0.717, 1.165) is 0 Å². The third-order valence-corrected chi connectivity index (χ3v) is 4.03. The molecule has 0 atom stereocenters. The molecule has 10 heteroatoms. The van der Waals surface area contributed by atoms with Crippen molar-refractivity contribution >= 4 is 28.9 Å². The Bertz CT molecular complexity index is 786. The number of aromatic nitrogens is 2. The summed E-state index contributed by atoms with van der Waals surface area (Å²) in [4.78, 5) is 20.9. The first-order valence-electron chi connectivity index (χ1n) is 7.56. The van der Waals surface area contributed by atoms with Gasteiger partial charge in [-0.15, -0.1) is 0 Å². The number of hydrogen-bond donors (Lipinski definition) is 1. The molecule has 1 aliphatic rings. The summed E-state index contributed by atoms with van der Waals surface area (Å²) in [6.45, 7) is 2.21. The van der Waals surface area contributed by atoms with Crippen LogP contribution in [0.2, 0.25) is 5.02 Å². The van der Waals surface area contributed by atoms with Gasteiger partial charge in [0.25, 0.3) is 0 Å². The molecule has 1 aliphatic heterocycles. The molecule has 0 radical (unpaired) electrons. The predicted octanol–water partition coefficient (Wildman–Crippen LogP) is 2.63. The van der Waals surface area contributed by atoms with Crippen LogP contribution in [-0.2, 0) is 11.3 Å². The van der Waals surface area contributed by atoms with Crippen molar-refractivity contribution in [2.75, 3.05) is 36.5 Å². The van der Waals surface area contributed by atoms with Gasteiger partial charge in [-0.05, 0) is 17.7 Å². The zero-order valence-corrected chi connectivity index (χ0v) is 13.9. The van der Waals surface area contributed by atoms with E-state index in [1.807, 2.05) is 0 Å². The van der Waals surface area contributed by atoms with Crippen LogP contribution in [0.5, 0.6) is 0 Å². The maximum Gasteiger partial charge on any atom is 0.353 e. The molecule has 0 spiro atoms. The van der Waals surface area contributed by atoms with Gasteiger partial charge in [-0.25, -0.2) is 14.4 Å². The van der Waals surface area contributed by atoms with E-state index in [9.17, 15) is 14.5 Å². The molecule has 0 amide bonds. The van der Waals surface area contributed by atoms with Crippen molar-refractivity contribution in [3.05, 3.63) is 51.0 Å². The number of nitrogens with zero attached hydrogens (tertiary/aromatic N) is 4. The van der Waals surface area contributed by atoms with Crippen molar-refractivity contribution in [2.45, 2.75) is 6.54 Å². The fraction of sp³-hybridized carbons (Fsp3) is 0.333. The van der Waals surface area contributed by atoms with Crippen LogP contribution in [0.3, 0.4) is 0 Å². The van der Waals surface area contributed by atoms with Crippen LogP contribution in [0, 0.1) is 15.9 Å². The van der Waals surface area contributed by atoms with Crippen molar-refractivity contribution in [1.29, 1.82) is 0 Å². The minimum absolute atomic E-state index is 0.00880. The lowest BCUT2D eigenvalue weighted by molar-refractivity contribution is -0.383. The monoisotopic (exact) mass is 367 g/mol. The molecule has 2 heterocycles. The maximum absolute atomic E-state index is 13.2. The second-order valence-electron chi connectivity index (χ2n) is 5.35. The van der Waals surface area contributed by atoms with E-state index in [2.05, 4.69) is 15.3 Å². The summed E-state index contributed by atoms with van der Waals surface area (Å²) >= 11 is 5.75. The second kappa shape index (κ2) is 7.58. The number of nitrogens with one attached hydrogen (secondary N) is 1. The summed E-state index contributed by atoms with van der Waals surface area (Å²) in [5.41, 5.74) is 0.477. The molecule has 1 aromatic carbocycles. The normalized spacial score (nSPS) is 14.4. The van der Waals surface area contributed by atoms with E-state index in [1.165, 1.54) is 18.5 Å². The Hall–Kier alpha value is -2.52. The van der Waals surface area contributed by atoms with Gasteiger partial charge in [-0.3, -0.25) is 10.1 Å². The number of benzene rings is 1. The molecule has 25 heavy (non-hydrogen) atoms. The summed E-state index contributed by atoms with van der Waals surface area (Å²) in [6, 6.07) is 4.25. The molecule has 132 valence electrons. The highest BCUT2D eigenvalue weighted by atomic mass is 35.5. The number of nitro groups is 1. The highest BCUT2D eigenvalue weighted by Crippen LogP contribution is 2.32. The Balaban J connectivity index is 1.84. The third kappa shape index (κ3) is 3.94. The second-order valence-corrected chi connectivity index (χ2v) is 5.76. The molecule has 2 aromatic rings. The fourth-order valence-electron chi connectivity index (χ4n) is 2.51. The van der Waals surface area contributed by atoms with Gasteiger partial charge in [0.2, 0.25) is 11.6 Å². The third-order valence-electron chi connectivity index (χ3n) is 3.74. The summed E-state index contributed by atoms with van der Waals surface area (Å²) in [7, 11) is 0. The summed E-state index contributed by atoms with van der Waals surface area (Å²) in [5, 5.41) is 14.4. The lowest BCUT2D eigenvalue weighted by Crippen LogP contribution is -2.37. The summed E-state index contributed by atoms with van der Waals surface area (Å²) in [5.74, 6) is -0.169. The van der Waals surface area contributed by atoms with Crippen LogP contribution in [0.4, 0.5) is 21.7 Å². The molecule has 1 saturated heterocycles. The van der Waals surface area contributed by atoms with Crippen LogP contribution in [0.15, 0.2) is 24.5 Å². The predicted molar refractivity (Wildman–Crippen MR) is 90.5 cm³/mol. The number of ether oxygens (including phenoxy) is 1. The Morgan fingerprint density at radius 2 is 2.12 bits per heavy atom. The fourth-order valence-corrected chi connectivity index (χ4v) is 2.71. The maximum atomic E-state index is 13.2. The molecule has 3 rings (SSSR count). The quantitative estimate of drug-likeness (QED) is 0.641. The van der Waals surface area contributed by atoms with Crippen molar-refractivity contribution < 1.29 is 14.1 Å². The Morgan fingerprint density at radius 3 is 2.80 bits per heavy atom. The molecule has 8 nitrogen and oxygen atoms in total. The van der Waals surface area contributed by atoms with Crippen molar-refractivity contribution in [1.82, 2.24) is 9.97 Å². The van der Waals surface area contributed by atoms with Gasteiger partial charge < -0.3 is 15.0 Å². The van der Waals surface area contributed by atoms with Crippen LogP contribution >= 0.6 is 11.6 Å². The number of anilines is 2. The Kier molecular flexibility index (Phi) is 5.25. The molecule has 0 aliphatic carbocycles. The van der Waals surface area contributed by atoms with Crippen LogP contribution in [0.25, 0.3) is 0 Å². The molecule has 1 fully saturated rings. The topological polar surface area (TPSA) is 93.4 Å². The lowest BCUT2D eigenvalue weighted by Gasteiger charge is -2.27. The van der Waals surface area contributed by atoms with Gasteiger partial charge >= 0.3 is 5.69 Å². The average molecular weight is 368 g/mol.